The number of rotatable bonds is 5. The largest absolute Gasteiger partial charge is 0.491 e. The molecule has 0 atom stereocenters. The summed E-state index contributed by atoms with van der Waals surface area (Å²) in [6.07, 6.45) is 0. The Hall–Kier alpha value is -1.26. The van der Waals surface area contributed by atoms with Gasteiger partial charge in [0.25, 0.3) is 0 Å². The van der Waals surface area contributed by atoms with Crippen molar-refractivity contribution >= 4 is 33.2 Å². The third-order valence-electron chi connectivity index (χ3n) is 3.00. The minimum Gasteiger partial charge on any atom is -0.491 e. The number of halogens is 3. The summed E-state index contributed by atoms with van der Waals surface area (Å²) in [4.78, 5) is 0. The Morgan fingerprint density at radius 1 is 1.29 bits per heavy atom. The molecule has 0 radical (unpaired) electrons. The van der Waals surface area contributed by atoms with Crippen molar-refractivity contribution in [1.29, 1.82) is 0 Å². The first kappa shape index (κ1) is 16.1. The van der Waals surface area contributed by atoms with Gasteiger partial charge in [-0.15, -0.1) is 0 Å². The Bertz CT molecular complexity index is 648. The second kappa shape index (κ2) is 7.14. The summed E-state index contributed by atoms with van der Waals surface area (Å²) in [5.41, 5.74) is 2.43. The summed E-state index contributed by atoms with van der Waals surface area (Å²) >= 11 is 9.52. The van der Waals surface area contributed by atoms with E-state index in [9.17, 15) is 4.39 Å². The van der Waals surface area contributed by atoms with Gasteiger partial charge in [0.05, 0.1) is 16.8 Å². The molecule has 0 bridgehead atoms. The first-order valence-electron chi connectivity index (χ1n) is 6.62. The number of hydrogen-bond donors (Lipinski definition) is 1. The van der Waals surface area contributed by atoms with Gasteiger partial charge in [-0.1, -0.05) is 23.7 Å². The molecule has 5 heteroatoms. The maximum absolute atomic E-state index is 13.3. The van der Waals surface area contributed by atoms with Crippen molar-refractivity contribution < 1.29 is 9.13 Å². The lowest BCUT2D eigenvalue weighted by Crippen LogP contribution is -2.04. The molecule has 21 heavy (non-hydrogen) atoms. The molecule has 1 N–H and O–H groups in total. The molecular formula is C16H16BrClFNO. The normalized spacial score (nSPS) is 10.5. The van der Waals surface area contributed by atoms with E-state index in [2.05, 4.69) is 21.2 Å². The highest BCUT2D eigenvalue weighted by atomic mass is 79.9. The highest BCUT2D eigenvalue weighted by Crippen LogP contribution is 2.36. The highest BCUT2D eigenvalue weighted by Gasteiger charge is 2.10. The van der Waals surface area contributed by atoms with Gasteiger partial charge in [-0.25, -0.2) is 4.39 Å². The molecule has 0 heterocycles. The van der Waals surface area contributed by atoms with E-state index in [-0.39, 0.29) is 5.82 Å². The zero-order valence-electron chi connectivity index (χ0n) is 11.8. The molecule has 2 rings (SSSR count). The van der Waals surface area contributed by atoms with Crippen LogP contribution in [0.15, 0.2) is 34.8 Å². The van der Waals surface area contributed by atoms with Crippen LogP contribution in [0.1, 0.15) is 18.1 Å². The average Bonchev–Trinajstić information content (AvgIpc) is 2.43. The minimum atomic E-state index is -0.195. The maximum Gasteiger partial charge on any atom is 0.156 e. The second-order valence-electron chi connectivity index (χ2n) is 4.63. The summed E-state index contributed by atoms with van der Waals surface area (Å²) in [7, 11) is 0. The topological polar surface area (TPSA) is 21.3 Å². The average molecular weight is 373 g/mol. The van der Waals surface area contributed by atoms with Crippen LogP contribution in [0.4, 0.5) is 10.1 Å². The lowest BCUT2D eigenvalue weighted by atomic mass is 10.1. The van der Waals surface area contributed by atoms with Crippen LogP contribution in [0.25, 0.3) is 0 Å². The quantitative estimate of drug-likeness (QED) is 0.742. The van der Waals surface area contributed by atoms with Gasteiger partial charge in [0, 0.05) is 11.6 Å². The summed E-state index contributed by atoms with van der Waals surface area (Å²) in [5, 5.41) is 3.89. The molecule has 0 unspecified atom stereocenters. The molecule has 0 aromatic heterocycles. The Labute approximate surface area is 137 Å². The molecule has 0 aliphatic rings. The number of anilines is 1. The highest BCUT2D eigenvalue weighted by molar-refractivity contribution is 9.10. The molecule has 2 nitrogen and oxygen atoms in total. The Morgan fingerprint density at radius 3 is 2.71 bits per heavy atom. The van der Waals surface area contributed by atoms with Gasteiger partial charge in [0.15, 0.2) is 5.75 Å². The number of ether oxygens (including phenoxy) is 1. The van der Waals surface area contributed by atoms with Gasteiger partial charge in [-0.3, -0.25) is 0 Å². The van der Waals surface area contributed by atoms with Gasteiger partial charge in [-0.05, 0) is 59.1 Å². The first-order chi connectivity index (χ1) is 10.0. The molecule has 2 aromatic rings. The fourth-order valence-corrected chi connectivity index (χ4v) is 2.92. The third-order valence-corrected chi connectivity index (χ3v) is 3.81. The zero-order valence-corrected chi connectivity index (χ0v) is 14.2. The molecule has 0 aliphatic carbocycles. The van der Waals surface area contributed by atoms with E-state index in [0.717, 1.165) is 21.5 Å². The molecule has 0 saturated heterocycles. The van der Waals surface area contributed by atoms with Crippen LogP contribution in [0, 0.1) is 12.7 Å². The summed E-state index contributed by atoms with van der Waals surface area (Å²) < 4.78 is 19.7. The summed E-state index contributed by atoms with van der Waals surface area (Å²) in [6, 6.07) is 8.66. The predicted molar refractivity (Wildman–Crippen MR) is 88.8 cm³/mol. The zero-order chi connectivity index (χ0) is 15.4. The van der Waals surface area contributed by atoms with E-state index in [4.69, 9.17) is 16.3 Å². The Morgan fingerprint density at radius 2 is 2.05 bits per heavy atom. The lowest BCUT2D eigenvalue weighted by molar-refractivity contribution is 0.339. The first-order valence-corrected chi connectivity index (χ1v) is 7.79. The van der Waals surface area contributed by atoms with Crippen LogP contribution >= 0.6 is 27.5 Å². The molecule has 0 spiro atoms. The Balaban J connectivity index is 2.20. The summed E-state index contributed by atoms with van der Waals surface area (Å²) in [5.74, 6) is 0.528. The van der Waals surface area contributed by atoms with Crippen LogP contribution in [-0.2, 0) is 6.54 Å². The molecule has 0 fully saturated rings. The van der Waals surface area contributed by atoms with E-state index in [1.165, 1.54) is 6.07 Å². The predicted octanol–water partition coefficient (Wildman–Crippen LogP) is 5.56. The fourth-order valence-electron chi connectivity index (χ4n) is 2.00. The molecular weight excluding hydrogens is 357 g/mol. The van der Waals surface area contributed by atoms with Gasteiger partial charge in [-0.2, -0.15) is 0 Å². The van der Waals surface area contributed by atoms with Gasteiger partial charge < -0.3 is 10.1 Å². The van der Waals surface area contributed by atoms with Crippen molar-refractivity contribution in [2.45, 2.75) is 20.4 Å². The standard InChI is InChI=1S/C16H16BrClFNO/c1-3-21-16-13(17)7-12(18)8-15(16)20-9-11-4-5-14(19)10(2)6-11/h4-8,20H,3,9H2,1-2H3. The maximum atomic E-state index is 13.3. The van der Waals surface area contributed by atoms with Gasteiger partial charge in [0.2, 0.25) is 0 Å². The van der Waals surface area contributed by atoms with Gasteiger partial charge in [0.1, 0.15) is 5.82 Å². The van der Waals surface area contributed by atoms with Crippen LogP contribution < -0.4 is 10.1 Å². The van der Waals surface area contributed by atoms with E-state index in [1.54, 1.807) is 19.1 Å². The third kappa shape index (κ3) is 4.11. The van der Waals surface area contributed by atoms with Crippen LogP contribution in [0.2, 0.25) is 5.02 Å². The molecule has 112 valence electrons. The smallest absolute Gasteiger partial charge is 0.156 e. The van der Waals surface area contributed by atoms with Crippen molar-refractivity contribution in [1.82, 2.24) is 0 Å². The van der Waals surface area contributed by atoms with Crippen molar-refractivity contribution in [2.75, 3.05) is 11.9 Å². The molecule has 0 amide bonds. The number of aryl methyl sites for hydroxylation is 1. The minimum absolute atomic E-state index is 0.195. The number of hydrogen-bond acceptors (Lipinski definition) is 2. The van der Waals surface area contributed by atoms with Crippen LogP contribution in [0.5, 0.6) is 5.75 Å². The molecule has 0 saturated carbocycles. The second-order valence-corrected chi connectivity index (χ2v) is 5.93. The molecule has 2 aromatic carbocycles. The van der Waals surface area contributed by atoms with Crippen LogP contribution in [0.3, 0.4) is 0 Å². The van der Waals surface area contributed by atoms with E-state index in [1.807, 2.05) is 19.1 Å². The van der Waals surface area contributed by atoms with Crippen molar-refractivity contribution in [3.05, 3.63) is 56.8 Å². The van der Waals surface area contributed by atoms with E-state index < -0.39 is 0 Å². The van der Waals surface area contributed by atoms with Crippen molar-refractivity contribution in [2.24, 2.45) is 0 Å². The van der Waals surface area contributed by atoms with E-state index >= 15 is 0 Å². The van der Waals surface area contributed by atoms with Gasteiger partial charge >= 0.3 is 0 Å². The Kier molecular flexibility index (Phi) is 5.48. The van der Waals surface area contributed by atoms with Crippen LogP contribution in [-0.4, -0.2) is 6.61 Å². The number of benzene rings is 2. The van der Waals surface area contributed by atoms with Crippen molar-refractivity contribution in [3.63, 3.8) is 0 Å². The fraction of sp³-hybridized carbons (Fsp3) is 0.250. The monoisotopic (exact) mass is 371 g/mol. The van der Waals surface area contributed by atoms with E-state index in [0.29, 0.717) is 23.7 Å². The molecule has 0 aliphatic heterocycles. The SMILES string of the molecule is CCOc1c(Br)cc(Cl)cc1NCc1ccc(F)c(C)c1. The lowest BCUT2D eigenvalue weighted by Gasteiger charge is -2.15. The van der Waals surface area contributed by atoms with Crippen molar-refractivity contribution in [3.8, 4) is 5.75 Å². The number of nitrogens with one attached hydrogen (secondary N) is 1. The summed E-state index contributed by atoms with van der Waals surface area (Å²) in [6.45, 7) is 4.80.